The first-order valence-corrected chi connectivity index (χ1v) is 5.77. The molecule has 0 saturated heterocycles. The van der Waals surface area contributed by atoms with Crippen LogP contribution in [0.3, 0.4) is 0 Å². The predicted octanol–water partition coefficient (Wildman–Crippen LogP) is 1.03. The first kappa shape index (κ1) is 12.3. The minimum absolute atomic E-state index is 0.0960. The van der Waals surface area contributed by atoms with Crippen LogP contribution in [0.5, 0.6) is 0 Å². The van der Waals surface area contributed by atoms with Gasteiger partial charge in [-0.1, -0.05) is 0 Å². The maximum absolute atomic E-state index is 13.2. The zero-order valence-electron chi connectivity index (χ0n) is 8.14. The monoisotopic (exact) mass is 241 g/mol. The Bertz CT molecular complexity index is 481. The summed E-state index contributed by atoms with van der Waals surface area (Å²) < 4.78 is 24.5. The highest BCUT2D eigenvalue weighted by Gasteiger charge is 2.10. The normalized spacial score (nSPS) is 11.8. The van der Waals surface area contributed by atoms with Crippen molar-refractivity contribution in [3.05, 3.63) is 35.1 Å². The number of nitriles is 1. The Hall–Kier alpha value is -1.74. The molecule has 16 heavy (non-hydrogen) atoms. The molecule has 0 heterocycles. The molecule has 0 aliphatic carbocycles. The van der Waals surface area contributed by atoms with Crippen molar-refractivity contribution < 1.29 is 18.5 Å². The Labute approximate surface area is 93.8 Å². The molecule has 0 aliphatic rings. The van der Waals surface area contributed by atoms with Crippen LogP contribution < -0.4 is 0 Å². The lowest BCUT2D eigenvalue weighted by molar-refractivity contribution is -0.133. The van der Waals surface area contributed by atoms with Crippen molar-refractivity contribution in [2.75, 3.05) is 5.75 Å². The highest BCUT2D eigenvalue weighted by atomic mass is 32.2. The maximum atomic E-state index is 13.2. The van der Waals surface area contributed by atoms with Crippen molar-refractivity contribution in [1.29, 1.82) is 5.26 Å². The van der Waals surface area contributed by atoms with Crippen molar-refractivity contribution in [2.24, 2.45) is 0 Å². The molecule has 84 valence electrons. The lowest BCUT2D eigenvalue weighted by Crippen LogP contribution is -2.11. The van der Waals surface area contributed by atoms with E-state index in [9.17, 15) is 13.4 Å². The lowest BCUT2D eigenvalue weighted by Gasteiger charge is -2.02. The lowest BCUT2D eigenvalue weighted by atomic mass is 10.1. The van der Waals surface area contributed by atoms with Crippen LogP contribution in [0, 0.1) is 17.1 Å². The van der Waals surface area contributed by atoms with Gasteiger partial charge in [0.25, 0.3) is 0 Å². The van der Waals surface area contributed by atoms with Gasteiger partial charge in [0.2, 0.25) is 0 Å². The molecule has 4 nitrogen and oxygen atoms in total. The van der Waals surface area contributed by atoms with Crippen LogP contribution in [0.25, 0.3) is 0 Å². The van der Waals surface area contributed by atoms with Gasteiger partial charge in [0.05, 0.1) is 17.4 Å². The van der Waals surface area contributed by atoms with Crippen LogP contribution in [0.2, 0.25) is 0 Å². The Kier molecular flexibility index (Phi) is 4.14. The van der Waals surface area contributed by atoms with Gasteiger partial charge >= 0.3 is 5.97 Å². The third-order valence-corrected chi connectivity index (χ3v) is 2.98. The average Bonchev–Trinajstić information content (AvgIpc) is 2.20. The van der Waals surface area contributed by atoms with E-state index >= 15 is 0 Å². The van der Waals surface area contributed by atoms with Crippen LogP contribution in [0.1, 0.15) is 11.1 Å². The summed E-state index contributed by atoms with van der Waals surface area (Å²) in [5.41, 5.74) is 0.349. The number of rotatable bonds is 4. The van der Waals surface area contributed by atoms with Gasteiger partial charge in [-0.2, -0.15) is 5.26 Å². The molecule has 6 heteroatoms. The SMILES string of the molecule is N#Cc1ccc(F)c(CS(=O)CC(=O)O)c1. The number of benzene rings is 1. The molecule has 1 atom stereocenters. The third kappa shape index (κ3) is 3.44. The van der Waals surface area contributed by atoms with Gasteiger partial charge < -0.3 is 5.11 Å². The zero-order valence-corrected chi connectivity index (χ0v) is 8.96. The second kappa shape index (κ2) is 5.37. The van der Waals surface area contributed by atoms with Crippen molar-refractivity contribution in [3.8, 4) is 6.07 Å². The molecule has 0 aromatic heterocycles. The Morgan fingerprint density at radius 2 is 2.25 bits per heavy atom. The number of carbonyl (C=O) groups is 1. The average molecular weight is 241 g/mol. The summed E-state index contributed by atoms with van der Waals surface area (Å²) in [6.45, 7) is 0. The summed E-state index contributed by atoms with van der Waals surface area (Å²) in [5.74, 6) is -2.52. The van der Waals surface area contributed by atoms with Crippen LogP contribution in [0.4, 0.5) is 4.39 Å². The third-order valence-electron chi connectivity index (χ3n) is 1.78. The predicted molar refractivity (Wildman–Crippen MR) is 55.5 cm³/mol. The smallest absolute Gasteiger partial charge is 0.316 e. The molecule has 0 saturated carbocycles. The molecule has 1 unspecified atom stereocenters. The summed E-state index contributed by atoms with van der Waals surface area (Å²) in [5, 5.41) is 17.0. The number of hydrogen-bond acceptors (Lipinski definition) is 3. The van der Waals surface area contributed by atoms with E-state index in [4.69, 9.17) is 10.4 Å². The summed E-state index contributed by atoms with van der Waals surface area (Å²) in [7, 11) is -1.67. The first-order chi connectivity index (χ1) is 7.52. The highest BCUT2D eigenvalue weighted by molar-refractivity contribution is 7.84. The fourth-order valence-electron chi connectivity index (χ4n) is 1.12. The molecule has 1 aromatic carbocycles. The minimum Gasteiger partial charge on any atom is -0.481 e. The van der Waals surface area contributed by atoms with Gasteiger partial charge in [-0.25, -0.2) is 4.39 Å². The van der Waals surface area contributed by atoms with Crippen molar-refractivity contribution in [2.45, 2.75) is 5.75 Å². The summed E-state index contributed by atoms with van der Waals surface area (Å²) >= 11 is 0. The number of hydrogen-bond donors (Lipinski definition) is 1. The molecule has 1 aromatic rings. The van der Waals surface area contributed by atoms with E-state index in [0.29, 0.717) is 0 Å². The van der Waals surface area contributed by atoms with Gasteiger partial charge in [0.15, 0.2) is 0 Å². The Morgan fingerprint density at radius 3 is 2.81 bits per heavy atom. The highest BCUT2D eigenvalue weighted by Crippen LogP contribution is 2.12. The molecule has 1 N–H and O–H groups in total. The molecule has 0 amide bonds. The number of nitrogens with zero attached hydrogens (tertiary/aromatic N) is 1. The second-order valence-corrected chi connectivity index (χ2v) is 4.50. The molecule has 0 fully saturated rings. The largest absolute Gasteiger partial charge is 0.481 e. The van der Waals surface area contributed by atoms with E-state index in [-0.39, 0.29) is 16.9 Å². The summed E-state index contributed by atoms with van der Waals surface area (Å²) in [6, 6.07) is 5.51. The molecule has 1 rings (SSSR count). The van der Waals surface area contributed by atoms with Crippen molar-refractivity contribution in [3.63, 3.8) is 0 Å². The standard InChI is InChI=1S/C10H8FNO3S/c11-9-2-1-7(4-12)3-8(9)5-16(15)6-10(13)14/h1-3H,5-6H2,(H,13,14). The van der Waals surface area contributed by atoms with E-state index in [1.807, 2.05) is 6.07 Å². The number of carboxylic acid groups (broad SMARTS) is 1. The molecule has 0 aliphatic heterocycles. The summed E-state index contributed by atoms with van der Waals surface area (Å²) in [6.07, 6.45) is 0. The van der Waals surface area contributed by atoms with Crippen LogP contribution >= 0.6 is 0 Å². The van der Waals surface area contributed by atoms with Gasteiger partial charge in [-0.3, -0.25) is 9.00 Å². The maximum Gasteiger partial charge on any atom is 0.316 e. The topological polar surface area (TPSA) is 78.2 Å². The van der Waals surface area contributed by atoms with Gasteiger partial charge in [0.1, 0.15) is 11.6 Å². The Balaban J connectivity index is 2.84. The van der Waals surface area contributed by atoms with Crippen LogP contribution in [0.15, 0.2) is 18.2 Å². The van der Waals surface area contributed by atoms with Crippen LogP contribution in [-0.4, -0.2) is 21.0 Å². The van der Waals surface area contributed by atoms with E-state index in [1.54, 1.807) is 0 Å². The fraction of sp³-hybridized carbons (Fsp3) is 0.200. The first-order valence-electron chi connectivity index (χ1n) is 4.28. The minimum atomic E-state index is -1.67. The fourth-order valence-corrected chi connectivity index (χ4v) is 2.06. The van der Waals surface area contributed by atoms with Gasteiger partial charge in [0, 0.05) is 16.4 Å². The van der Waals surface area contributed by atoms with E-state index in [2.05, 4.69) is 0 Å². The molecule has 0 bridgehead atoms. The summed E-state index contributed by atoms with van der Waals surface area (Å²) in [4.78, 5) is 10.3. The molecule has 0 spiro atoms. The van der Waals surface area contributed by atoms with Crippen molar-refractivity contribution in [1.82, 2.24) is 0 Å². The van der Waals surface area contributed by atoms with E-state index < -0.39 is 28.3 Å². The number of carboxylic acids is 1. The van der Waals surface area contributed by atoms with Crippen molar-refractivity contribution >= 4 is 16.8 Å². The molecular formula is C10H8FNO3S. The van der Waals surface area contributed by atoms with Gasteiger partial charge in [-0.15, -0.1) is 0 Å². The number of halogens is 1. The molecule has 0 radical (unpaired) electrons. The zero-order chi connectivity index (χ0) is 12.1. The van der Waals surface area contributed by atoms with Gasteiger partial charge in [-0.05, 0) is 18.2 Å². The Morgan fingerprint density at radius 1 is 1.56 bits per heavy atom. The number of aliphatic carboxylic acids is 1. The van der Waals surface area contributed by atoms with E-state index in [1.165, 1.54) is 12.1 Å². The quantitative estimate of drug-likeness (QED) is 0.854. The van der Waals surface area contributed by atoms with E-state index in [0.717, 1.165) is 6.07 Å². The molecular weight excluding hydrogens is 233 g/mol. The van der Waals surface area contributed by atoms with Crippen LogP contribution in [-0.2, 0) is 21.3 Å². The second-order valence-electron chi connectivity index (χ2n) is 3.04.